The minimum absolute atomic E-state index is 1.15. The van der Waals surface area contributed by atoms with Crippen molar-refractivity contribution in [2.75, 3.05) is 0 Å². The average molecular weight is 845 g/mol. The van der Waals surface area contributed by atoms with Crippen LogP contribution in [0.15, 0.2) is 218 Å². The fraction of sp³-hybridized carbons (Fsp3) is 0. The highest BCUT2D eigenvalue weighted by molar-refractivity contribution is 7.25. The van der Waals surface area contributed by atoms with E-state index in [0.717, 1.165) is 11.4 Å². The summed E-state index contributed by atoms with van der Waals surface area (Å²) >= 11 is 1.87. The third-order valence-electron chi connectivity index (χ3n) is 13.9. The van der Waals surface area contributed by atoms with Crippen molar-refractivity contribution in [2.24, 2.45) is 0 Å². The number of aromatic nitrogens is 4. The van der Waals surface area contributed by atoms with Crippen LogP contribution in [-0.2, 0) is 0 Å². The molecule has 0 N–H and O–H groups in total. The molecule has 0 radical (unpaired) electrons. The molecule has 5 heteroatoms. The Balaban J connectivity index is 0.994. The Bertz CT molecular complexity index is 4100. The molecule has 15 aromatic rings. The molecule has 302 valence electrons. The third-order valence-corrected chi connectivity index (χ3v) is 15.1. The van der Waals surface area contributed by atoms with E-state index in [1.165, 1.54) is 119 Å². The van der Waals surface area contributed by atoms with Crippen molar-refractivity contribution >= 4 is 119 Å². The van der Waals surface area contributed by atoms with E-state index in [4.69, 9.17) is 0 Å². The van der Waals surface area contributed by atoms with Gasteiger partial charge in [0.2, 0.25) is 0 Å². The average Bonchev–Trinajstić information content (AvgIpc) is 4.17. The standard InChI is InChI=1S/C60H36N4S/c1-9-25-51-39(15-1)40-16-2-10-26-52(40)63(51)55-29-13-21-45-43-19-5-7-23-49(43)61(59(45)55)37-31-33-57-47(35-37)48-36-38(32-34-58(48)65-57)62-50-24-8-6-20-44(50)46-22-14-30-56(60(46)62)64-53-27-11-3-17-41(53)42-18-4-12-28-54(42)64/h1-36H. The zero-order chi connectivity index (χ0) is 42.3. The smallest absolute Gasteiger partial charge is 0.0782 e. The first-order valence-corrected chi connectivity index (χ1v) is 23.1. The van der Waals surface area contributed by atoms with E-state index in [1.807, 2.05) is 11.3 Å². The van der Waals surface area contributed by atoms with Gasteiger partial charge in [0.1, 0.15) is 0 Å². The van der Waals surface area contributed by atoms with Gasteiger partial charge in [0.25, 0.3) is 0 Å². The van der Waals surface area contributed by atoms with Crippen molar-refractivity contribution < 1.29 is 0 Å². The molecule has 4 nitrogen and oxygen atoms in total. The van der Waals surface area contributed by atoms with E-state index < -0.39 is 0 Å². The predicted molar refractivity (Wildman–Crippen MR) is 277 cm³/mol. The second-order valence-electron chi connectivity index (χ2n) is 17.3. The molecule has 0 amide bonds. The Kier molecular flexibility index (Phi) is 7.07. The Hall–Kier alpha value is -8.38. The van der Waals surface area contributed by atoms with Crippen LogP contribution in [0.5, 0.6) is 0 Å². The molecule has 15 rings (SSSR count). The molecule has 0 spiro atoms. The van der Waals surface area contributed by atoms with E-state index >= 15 is 0 Å². The number of hydrogen-bond acceptors (Lipinski definition) is 1. The number of para-hydroxylation sites is 8. The van der Waals surface area contributed by atoms with Gasteiger partial charge >= 0.3 is 0 Å². The van der Waals surface area contributed by atoms with Crippen molar-refractivity contribution in [2.45, 2.75) is 0 Å². The van der Waals surface area contributed by atoms with Gasteiger partial charge in [-0.2, -0.15) is 0 Å². The van der Waals surface area contributed by atoms with Gasteiger partial charge in [-0.25, -0.2) is 0 Å². The Morgan fingerprint density at radius 1 is 0.231 bits per heavy atom. The fourth-order valence-corrected chi connectivity index (χ4v) is 12.4. The summed E-state index contributed by atoms with van der Waals surface area (Å²) in [4.78, 5) is 0. The lowest BCUT2D eigenvalue weighted by Crippen LogP contribution is -2.00. The number of thiophene rings is 1. The quantitative estimate of drug-likeness (QED) is 0.168. The van der Waals surface area contributed by atoms with E-state index in [-0.39, 0.29) is 0 Å². The van der Waals surface area contributed by atoms with Crippen molar-refractivity contribution in [1.82, 2.24) is 18.3 Å². The number of nitrogens with zero attached hydrogens (tertiary/aromatic N) is 4. The maximum atomic E-state index is 2.50. The van der Waals surface area contributed by atoms with Crippen LogP contribution in [0, 0.1) is 0 Å². The summed E-state index contributed by atoms with van der Waals surface area (Å²) in [5, 5.41) is 12.5. The van der Waals surface area contributed by atoms with Gasteiger partial charge in [-0.1, -0.05) is 133 Å². The molecule has 0 saturated heterocycles. The van der Waals surface area contributed by atoms with Gasteiger partial charge < -0.3 is 18.3 Å². The summed E-state index contributed by atoms with van der Waals surface area (Å²) in [6.07, 6.45) is 0. The molecule has 5 aromatic heterocycles. The van der Waals surface area contributed by atoms with Gasteiger partial charge in [-0.15, -0.1) is 11.3 Å². The van der Waals surface area contributed by atoms with Gasteiger partial charge in [0.05, 0.1) is 55.5 Å². The van der Waals surface area contributed by atoms with Crippen LogP contribution >= 0.6 is 11.3 Å². The van der Waals surface area contributed by atoms with Gasteiger partial charge in [-0.05, 0) is 84.9 Å². The third kappa shape index (κ3) is 4.74. The monoisotopic (exact) mass is 844 g/mol. The second-order valence-corrected chi connectivity index (χ2v) is 18.3. The summed E-state index contributed by atoms with van der Waals surface area (Å²) < 4.78 is 12.5. The predicted octanol–water partition coefficient (Wildman–Crippen LogP) is 16.4. The molecular formula is C60H36N4S. The molecule has 65 heavy (non-hydrogen) atoms. The van der Waals surface area contributed by atoms with Gasteiger partial charge in [-0.3, -0.25) is 0 Å². The lowest BCUT2D eigenvalue weighted by molar-refractivity contribution is 1.13. The topological polar surface area (TPSA) is 19.7 Å². The first-order chi connectivity index (χ1) is 32.3. The molecule has 0 aliphatic carbocycles. The molecule has 0 fully saturated rings. The van der Waals surface area contributed by atoms with Crippen LogP contribution in [0.2, 0.25) is 0 Å². The van der Waals surface area contributed by atoms with Gasteiger partial charge in [0.15, 0.2) is 0 Å². The maximum absolute atomic E-state index is 2.50. The summed E-state index contributed by atoms with van der Waals surface area (Å²) in [6, 6.07) is 80.7. The van der Waals surface area contributed by atoms with Crippen molar-refractivity contribution in [3.8, 4) is 22.7 Å². The van der Waals surface area contributed by atoms with Crippen molar-refractivity contribution in [3.63, 3.8) is 0 Å². The van der Waals surface area contributed by atoms with Crippen LogP contribution in [0.1, 0.15) is 0 Å². The highest BCUT2D eigenvalue weighted by Gasteiger charge is 2.23. The molecule has 5 heterocycles. The number of hydrogen-bond donors (Lipinski definition) is 0. The summed E-state index contributed by atoms with van der Waals surface area (Å²) in [6.45, 7) is 0. The minimum Gasteiger partial charge on any atom is -0.307 e. The largest absolute Gasteiger partial charge is 0.307 e. The highest BCUT2D eigenvalue weighted by Crippen LogP contribution is 2.44. The lowest BCUT2D eigenvalue weighted by Gasteiger charge is -2.15. The lowest BCUT2D eigenvalue weighted by atomic mass is 10.1. The zero-order valence-corrected chi connectivity index (χ0v) is 35.8. The normalized spacial score (nSPS) is 12.3. The summed E-state index contributed by atoms with van der Waals surface area (Å²) in [5.74, 6) is 0. The van der Waals surface area contributed by atoms with Crippen LogP contribution in [0.3, 0.4) is 0 Å². The van der Waals surface area contributed by atoms with Crippen LogP contribution in [0.4, 0.5) is 0 Å². The molecular weight excluding hydrogens is 809 g/mol. The summed E-state index contributed by atoms with van der Waals surface area (Å²) in [5.41, 5.74) is 14.2. The zero-order valence-electron chi connectivity index (χ0n) is 35.0. The second kappa shape index (κ2) is 13.1. The maximum Gasteiger partial charge on any atom is 0.0782 e. The minimum atomic E-state index is 1.15. The van der Waals surface area contributed by atoms with Crippen LogP contribution < -0.4 is 0 Å². The highest BCUT2D eigenvalue weighted by atomic mass is 32.1. The Morgan fingerprint density at radius 3 is 0.877 bits per heavy atom. The Labute approximate surface area is 376 Å². The number of rotatable bonds is 4. The molecule has 0 atom stereocenters. The van der Waals surface area contributed by atoms with Crippen LogP contribution in [-0.4, -0.2) is 18.3 Å². The molecule has 0 bridgehead atoms. The molecule has 0 aliphatic rings. The van der Waals surface area contributed by atoms with E-state index in [0.29, 0.717) is 0 Å². The molecule has 0 unspecified atom stereocenters. The summed E-state index contributed by atoms with van der Waals surface area (Å²) in [7, 11) is 0. The molecule has 0 saturated carbocycles. The van der Waals surface area contributed by atoms with Crippen LogP contribution in [0.25, 0.3) is 130 Å². The number of fused-ring (bicyclic) bond motifs is 15. The van der Waals surface area contributed by atoms with Gasteiger partial charge in [0, 0.05) is 74.6 Å². The van der Waals surface area contributed by atoms with E-state index in [2.05, 4.69) is 237 Å². The SMILES string of the molecule is c1ccc2c(c1)c1ccccc1n2-c1cccc2c3ccccc3n(-c3ccc4sc5ccc(-n6c7ccccc7c7cccc(-n8c9ccccc9c9ccccc98)c76)cc5c4c3)c12. The number of benzene rings is 10. The first kappa shape index (κ1) is 35.1. The first-order valence-electron chi connectivity index (χ1n) is 22.3. The molecule has 10 aromatic carbocycles. The Morgan fingerprint density at radius 2 is 0.523 bits per heavy atom. The van der Waals surface area contributed by atoms with Crippen molar-refractivity contribution in [1.29, 1.82) is 0 Å². The van der Waals surface area contributed by atoms with E-state index in [1.54, 1.807) is 0 Å². The fourth-order valence-electron chi connectivity index (χ4n) is 11.3. The van der Waals surface area contributed by atoms with E-state index in [9.17, 15) is 0 Å². The van der Waals surface area contributed by atoms with Crippen molar-refractivity contribution in [3.05, 3.63) is 218 Å². The molecule has 0 aliphatic heterocycles.